The third-order valence-electron chi connectivity index (χ3n) is 4.10. The molecule has 0 aliphatic carbocycles. The molecular formula is C19H20N6O2S2. The summed E-state index contributed by atoms with van der Waals surface area (Å²) in [5, 5.41) is 13.1. The molecule has 0 radical (unpaired) electrons. The molecule has 0 unspecified atom stereocenters. The fourth-order valence-corrected chi connectivity index (χ4v) is 4.63. The third-order valence-corrected chi connectivity index (χ3v) is 5.91. The zero-order chi connectivity index (χ0) is 20.4. The van der Waals surface area contributed by atoms with Gasteiger partial charge in [0.25, 0.3) is 5.56 Å². The van der Waals surface area contributed by atoms with E-state index in [9.17, 15) is 4.79 Å². The smallest absolute Gasteiger partial charge is 0.275 e. The third kappa shape index (κ3) is 4.33. The molecule has 150 valence electrons. The first-order valence-corrected chi connectivity index (χ1v) is 10.9. The number of nitrogens with zero attached hydrogens (tertiary/aromatic N) is 5. The molecule has 29 heavy (non-hydrogen) atoms. The van der Waals surface area contributed by atoms with E-state index < -0.39 is 0 Å². The largest absolute Gasteiger partial charge is 0.496 e. The minimum atomic E-state index is -0.165. The van der Waals surface area contributed by atoms with Crippen LogP contribution in [0.4, 0.5) is 0 Å². The average Bonchev–Trinajstić information content (AvgIpc) is 3.33. The predicted octanol–water partition coefficient (Wildman–Crippen LogP) is 3.44. The van der Waals surface area contributed by atoms with Gasteiger partial charge in [0.05, 0.1) is 18.4 Å². The molecular weight excluding hydrogens is 408 g/mol. The van der Waals surface area contributed by atoms with Gasteiger partial charge in [0.1, 0.15) is 10.8 Å². The van der Waals surface area contributed by atoms with Gasteiger partial charge in [-0.15, -0.1) is 5.10 Å². The van der Waals surface area contributed by atoms with E-state index in [4.69, 9.17) is 4.74 Å². The van der Waals surface area contributed by atoms with Gasteiger partial charge in [-0.1, -0.05) is 49.1 Å². The Hall–Kier alpha value is -2.72. The van der Waals surface area contributed by atoms with Crippen molar-refractivity contribution in [2.24, 2.45) is 5.92 Å². The number of aromatic nitrogens is 6. The van der Waals surface area contributed by atoms with E-state index in [1.165, 1.54) is 33.7 Å². The Balaban J connectivity index is 1.51. The number of hydrogen-bond acceptors (Lipinski definition) is 8. The molecule has 0 fully saturated rings. The zero-order valence-electron chi connectivity index (χ0n) is 16.2. The quantitative estimate of drug-likeness (QED) is 0.450. The highest BCUT2D eigenvalue weighted by Gasteiger charge is 2.13. The van der Waals surface area contributed by atoms with Crippen molar-refractivity contribution in [1.29, 1.82) is 0 Å². The van der Waals surface area contributed by atoms with Crippen molar-refractivity contribution in [3.05, 3.63) is 51.4 Å². The second kappa shape index (κ2) is 8.34. The fraction of sp³-hybridized carbons (Fsp3) is 0.316. The van der Waals surface area contributed by atoms with Crippen molar-refractivity contribution >= 4 is 28.1 Å². The van der Waals surface area contributed by atoms with Gasteiger partial charge in [-0.2, -0.15) is 9.61 Å². The highest BCUT2D eigenvalue weighted by molar-refractivity contribution is 7.98. The molecule has 0 saturated heterocycles. The van der Waals surface area contributed by atoms with Gasteiger partial charge < -0.3 is 4.74 Å². The molecule has 10 heteroatoms. The van der Waals surface area contributed by atoms with E-state index >= 15 is 0 Å². The maximum Gasteiger partial charge on any atom is 0.275 e. The van der Waals surface area contributed by atoms with Gasteiger partial charge in [0, 0.05) is 18.2 Å². The number of ether oxygens (including phenoxy) is 1. The van der Waals surface area contributed by atoms with Gasteiger partial charge >= 0.3 is 0 Å². The number of H-pyrrole nitrogens is 1. The second-order valence-corrected chi connectivity index (χ2v) is 8.81. The summed E-state index contributed by atoms with van der Waals surface area (Å²) in [6, 6.07) is 9.14. The fourth-order valence-electron chi connectivity index (χ4n) is 2.81. The van der Waals surface area contributed by atoms with Crippen LogP contribution in [0.1, 0.15) is 24.5 Å². The summed E-state index contributed by atoms with van der Waals surface area (Å²) in [6.45, 7) is 4.25. The summed E-state index contributed by atoms with van der Waals surface area (Å²) in [6.07, 6.45) is 0.834. The highest BCUT2D eigenvalue weighted by Crippen LogP contribution is 2.28. The van der Waals surface area contributed by atoms with E-state index in [0.29, 0.717) is 33.3 Å². The van der Waals surface area contributed by atoms with Gasteiger partial charge in [0.15, 0.2) is 5.82 Å². The Bertz CT molecular complexity index is 1200. The number of rotatable bonds is 7. The first-order valence-electron chi connectivity index (χ1n) is 9.10. The van der Waals surface area contributed by atoms with Gasteiger partial charge in [-0.25, -0.2) is 9.97 Å². The normalized spacial score (nSPS) is 11.4. The second-order valence-electron chi connectivity index (χ2n) is 6.83. The minimum Gasteiger partial charge on any atom is -0.496 e. The van der Waals surface area contributed by atoms with E-state index in [1.807, 2.05) is 24.3 Å². The number of methoxy groups -OCH3 is 1. The molecule has 0 atom stereocenters. The number of para-hydroxylation sites is 1. The Morgan fingerprint density at radius 1 is 1.28 bits per heavy atom. The van der Waals surface area contributed by atoms with Crippen LogP contribution in [-0.2, 0) is 12.2 Å². The van der Waals surface area contributed by atoms with E-state index in [1.54, 1.807) is 7.11 Å². The Morgan fingerprint density at radius 3 is 2.90 bits per heavy atom. The number of benzene rings is 1. The van der Waals surface area contributed by atoms with Gasteiger partial charge in [-0.3, -0.25) is 9.89 Å². The number of hydrogen-bond donors (Lipinski definition) is 1. The van der Waals surface area contributed by atoms with Crippen LogP contribution in [-0.4, -0.2) is 36.9 Å². The number of aromatic amines is 1. The SMILES string of the molecule is COc1ccccc1-c1nc(SCc2cc(=O)n3nc(CC(C)C)sc3n2)n[nH]1. The molecule has 1 aromatic carbocycles. The van der Waals surface area contributed by atoms with Crippen LogP contribution in [0.5, 0.6) is 5.75 Å². The number of nitrogens with one attached hydrogen (secondary N) is 1. The van der Waals surface area contributed by atoms with E-state index in [-0.39, 0.29) is 5.56 Å². The van der Waals surface area contributed by atoms with Crippen LogP contribution in [0, 0.1) is 5.92 Å². The standard InChI is InChI=1S/C19H20N6O2S2/c1-11(2)8-15-24-25-16(26)9-12(20-19(25)29-15)10-28-18-21-17(22-23-18)13-6-4-5-7-14(13)27-3/h4-7,9,11H,8,10H2,1-3H3,(H,21,22,23). The summed E-state index contributed by atoms with van der Waals surface area (Å²) >= 11 is 2.88. The van der Waals surface area contributed by atoms with Crippen molar-refractivity contribution in [2.75, 3.05) is 7.11 Å². The number of fused-ring (bicyclic) bond motifs is 1. The average molecular weight is 429 g/mol. The molecule has 0 amide bonds. The lowest BCUT2D eigenvalue weighted by atomic mass is 10.1. The molecule has 0 bridgehead atoms. The lowest BCUT2D eigenvalue weighted by Gasteiger charge is -2.04. The first-order chi connectivity index (χ1) is 14.0. The van der Waals surface area contributed by atoms with Crippen LogP contribution in [0.2, 0.25) is 0 Å². The van der Waals surface area contributed by atoms with Crippen LogP contribution >= 0.6 is 23.1 Å². The molecule has 0 spiro atoms. The van der Waals surface area contributed by atoms with Crippen molar-refractivity contribution in [2.45, 2.75) is 31.2 Å². The van der Waals surface area contributed by atoms with Crippen LogP contribution < -0.4 is 10.3 Å². The molecule has 3 aromatic heterocycles. The topological polar surface area (TPSA) is 98.1 Å². The molecule has 1 N–H and O–H groups in total. The highest BCUT2D eigenvalue weighted by atomic mass is 32.2. The molecule has 0 aliphatic heterocycles. The van der Waals surface area contributed by atoms with Crippen molar-refractivity contribution in [3.63, 3.8) is 0 Å². The summed E-state index contributed by atoms with van der Waals surface area (Å²) < 4.78 is 6.75. The van der Waals surface area contributed by atoms with E-state index in [2.05, 4.69) is 39.1 Å². The van der Waals surface area contributed by atoms with Gasteiger partial charge in [-0.05, 0) is 18.1 Å². The number of thioether (sulfide) groups is 1. The van der Waals surface area contributed by atoms with Crippen molar-refractivity contribution in [1.82, 2.24) is 29.8 Å². The zero-order valence-corrected chi connectivity index (χ0v) is 17.9. The summed E-state index contributed by atoms with van der Waals surface area (Å²) in [5.41, 5.74) is 1.36. The van der Waals surface area contributed by atoms with Crippen LogP contribution in [0.25, 0.3) is 16.3 Å². The van der Waals surface area contributed by atoms with Crippen LogP contribution in [0.3, 0.4) is 0 Å². The molecule has 0 saturated carbocycles. The minimum absolute atomic E-state index is 0.165. The maximum absolute atomic E-state index is 12.4. The van der Waals surface area contributed by atoms with Crippen LogP contribution in [0.15, 0.2) is 40.3 Å². The lowest BCUT2D eigenvalue weighted by molar-refractivity contribution is 0.416. The monoisotopic (exact) mass is 428 g/mol. The summed E-state index contributed by atoms with van der Waals surface area (Å²) in [7, 11) is 1.62. The van der Waals surface area contributed by atoms with E-state index in [0.717, 1.165) is 22.7 Å². The summed E-state index contributed by atoms with van der Waals surface area (Å²) in [4.78, 5) is 22.1. The lowest BCUT2D eigenvalue weighted by Crippen LogP contribution is -2.15. The molecule has 0 aliphatic rings. The first kappa shape index (κ1) is 19.6. The molecule has 4 rings (SSSR count). The Morgan fingerprint density at radius 2 is 2.10 bits per heavy atom. The maximum atomic E-state index is 12.4. The molecule has 8 nitrogen and oxygen atoms in total. The Kier molecular flexibility index (Phi) is 5.63. The Labute approximate surface area is 175 Å². The van der Waals surface area contributed by atoms with Gasteiger partial charge in [0.2, 0.25) is 10.1 Å². The predicted molar refractivity (Wildman–Crippen MR) is 114 cm³/mol. The van der Waals surface area contributed by atoms with Crippen molar-refractivity contribution in [3.8, 4) is 17.1 Å². The van der Waals surface area contributed by atoms with Crippen molar-refractivity contribution < 1.29 is 4.74 Å². The molecule has 4 aromatic rings. The molecule has 3 heterocycles. The summed E-state index contributed by atoms with van der Waals surface area (Å²) in [5.74, 6) is 2.33.